The second-order valence-corrected chi connectivity index (χ2v) is 6.98. The molecule has 0 spiro atoms. The highest BCUT2D eigenvalue weighted by atomic mass is 35.5. The molecule has 0 unspecified atom stereocenters. The second kappa shape index (κ2) is 7.23. The van der Waals surface area contributed by atoms with E-state index in [4.69, 9.17) is 27.9 Å². The minimum Gasteiger partial charge on any atom is -0.379 e. The van der Waals surface area contributed by atoms with Crippen LogP contribution < -0.4 is 0 Å². The molecule has 0 radical (unpaired) electrons. The number of thioether (sulfide) groups is 1. The van der Waals surface area contributed by atoms with E-state index in [0.29, 0.717) is 53.5 Å². The SMILES string of the molecule is O=C1S/C(=C/c2ccc(Cl)cc2Cl)C(=O)N1CN1CCOCC1. The van der Waals surface area contributed by atoms with E-state index >= 15 is 0 Å². The maximum atomic E-state index is 12.5. The molecule has 5 nitrogen and oxygen atoms in total. The van der Waals surface area contributed by atoms with Gasteiger partial charge in [0.1, 0.15) is 0 Å². The van der Waals surface area contributed by atoms with Crippen LogP contribution in [0.1, 0.15) is 5.56 Å². The number of benzene rings is 1. The molecule has 2 heterocycles. The Morgan fingerprint density at radius 2 is 1.96 bits per heavy atom. The standard InChI is InChI=1S/C15H14Cl2N2O3S/c16-11-2-1-10(12(17)8-11)7-13-14(20)19(15(21)23-13)9-18-3-5-22-6-4-18/h1-2,7-8H,3-6,9H2/b13-7+. The van der Waals surface area contributed by atoms with Crippen LogP contribution in [0.15, 0.2) is 23.1 Å². The maximum absolute atomic E-state index is 12.5. The van der Waals surface area contributed by atoms with Gasteiger partial charge in [-0.15, -0.1) is 0 Å². The van der Waals surface area contributed by atoms with Gasteiger partial charge in [0.15, 0.2) is 0 Å². The van der Waals surface area contributed by atoms with E-state index in [1.54, 1.807) is 24.3 Å². The van der Waals surface area contributed by atoms with Crippen LogP contribution in [0.2, 0.25) is 10.0 Å². The summed E-state index contributed by atoms with van der Waals surface area (Å²) in [6.07, 6.45) is 1.63. The monoisotopic (exact) mass is 372 g/mol. The third-order valence-corrected chi connectivity index (χ3v) is 5.04. The summed E-state index contributed by atoms with van der Waals surface area (Å²) in [5, 5.41) is 0.697. The predicted octanol–water partition coefficient (Wildman–Crippen LogP) is 3.32. The number of carbonyl (C=O) groups excluding carboxylic acids is 2. The number of halogens is 2. The molecule has 8 heteroatoms. The van der Waals surface area contributed by atoms with Crippen LogP contribution in [0.4, 0.5) is 4.79 Å². The van der Waals surface area contributed by atoms with Gasteiger partial charge in [-0.2, -0.15) is 0 Å². The fourth-order valence-electron chi connectivity index (χ4n) is 2.32. The number of amides is 2. The van der Waals surface area contributed by atoms with Crippen molar-refractivity contribution in [3.8, 4) is 0 Å². The Morgan fingerprint density at radius 1 is 1.22 bits per heavy atom. The van der Waals surface area contributed by atoms with Gasteiger partial charge < -0.3 is 4.74 Å². The van der Waals surface area contributed by atoms with Gasteiger partial charge in [-0.25, -0.2) is 0 Å². The first-order valence-corrected chi connectivity index (χ1v) is 8.62. The molecule has 0 N–H and O–H groups in total. The molecule has 2 amide bonds. The van der Waals surface area contributed by atoms with Gasteiger partial charge in [0.2, 0.25) is 0 Å². The van der Waals surface area contributed by atoms with Crippen LogP contribution in [-0.2, 0) is 9.53 Å². The van der Waals surface area contributed by atoms with Gasteiger partial charge in [0, 0.05) is 23.1 Å². The van der Waals surface area contributed by atoms with Crippen molar-refractivity contribution in [1.29, 1.82) is 0 Å². The van der Waals surface area contributed by atoms with Crippen molar-refractivity contribution >= 4 is 52.2 Å². The zero-order chi connectivity index (χ0) is 16.4. The number of rotatable bonds is 3. The first-order chi connectivity index (χ1) is 11.0. The molecule has 2 fully saturated rings. The zero-order valence-corrected chi connectivity index (χ0v) is 14.5. The molecule has 0 bridgehead atoms. The fraction of sp³-hybridized carbons (Fsp3) is 0.333. The number of hydrogen-bond donors (Lipinski definition) is 0. The molecular formula is C15H14Cl2N2O3S. The van der Waals surface area contributed by atoms with Crippen LogP contribution in [-0.4, -0.2) is 53.9 Å². The van der Waals surface area contributed by atoms with Crippen LogP contribution >= 0.6 is 35.0 Å². The zero-order valence-electron chi connectivity index (χ0n) is 12.1. The summed E-state index contributed by atoms with van der Waals surface area (Å²) in [6.45, 7) is 2.95. The lowest BCUT2D eigenvalue weighted by atomic mass is 10.2. The molecule has 2 aliphatic heterocycles. The quantitative estimate of drug-likeness (QED) is 0.761. The minimum atomic E-state index is -0.294. The van der Waals surface area contributed by atoms with Crippen molar-refractivity contribution in [3.63, 3.8) is 0 Å². The van der Waals surface area contributed by atoms with E-state index in [1.807, 2.05) is 4.90 Å². The topological polar surface area (TPSA) is 49.9 Å². The highest BCUT2D eigenvalue weighted by Gasteiger charge is 2.36. The smallest absolute Gasteiger partial charge is 0.294 e. The van der Waals surface area contributed by atoms with Crippen LogP contribution in [0, 0.1) is 0 Å². The maximum Gasteiger partial charge on any atom is 0.294 e. The molecule has 1 aromatic carbocycles. The van der Waals surface area contributed by atoms with Gasteiger partial charge >= 0.3 is 0 Å². The first kappa shape index (κ1) is 16.8. The van der Waals surface area contributed by atoms with Crippen molar-refractivity contribution in [1.82, 2.24) is 9.80 Å². The van der Waals surface area contributed by atoms with Gasteiger partial charge in [0.25, 0.3) is 11.1 Å². The Morgan fingerprint density at radius 3 is 2.65 bits per heavy atom. The van der Waals surface area contributed by atoms with Crippen molar-refractivity contribution in [3.05, 3.63) is 38.7 Å². The molecule has 3 rings (SSSR count). The highest BCUT2D eigenvalue weighted by Crippen LogP contribution is 2.34. The molecule has 2 saturated heterocycles. The lowest BCUT2D eigenvalue weighted by molar-refractivity contribution is -0.125. The average molecular weight is 373 g/mol. The number of nitrogens with zero attached hydrogens (tertiary/aromatic N) is 2. The number of morpholine rings is 1. The molecule has 23 heavy (non-hydrogen) atoms. The van der Waals surface area contributed by atoms with E-state index in [2.05, 4.69) is 0 Å². The van der Waals surface area contributed by atoms with E-state index in [1.165, 1.54) is 4.90 Å². The summed E-state index contributed by atoms with van der Waals surface area (Å²) in [5.74, 6) is -0.294. The Balaban J connectivity index is 1.76. The van der Waals surface area contributed by atoms with E-state index in [9.17, 15) is 9.59 Å². The Labute approximate surface area is 148 Å². The summed E-state index contributed by atoms with van der Waals surface area (Å²) in [5.41, 5.74) is 0.660. The molecular weight excluding hydrogens is 359 g/mol. The van der Waals surface area contributed by atoms with E-state index in [0.717, 1.165) is 11.8 Å². The summed E-state index contributed by atoms with van der Waals surface area (Å²) in [4.78, 5) is 28.2. The molecule has 0 saturated carbocycles. The number of carbonyl (C=O) groups is 2. The Kier molecular flexibility index (Phi) is 5.28. The van der Waals surface area contributed by atoms with Crippen molar-refractivity contribution < 1.29 is 14.3 Å². The Hall–Kier alpha value is -1.05. The second-order valence-electron chi connectivity index (χ2n) is 5.15. The minimum absolute atomic E-state index is 0.266. The summed E-state index contributed by atoms with van der Waals surface area (Å²) < 4.78 is 5.27. The van der Waals surface area contributed by atoms with Crippen molar-refractivity contribution in [2.75, 3.05) is 33.0 Å². The third kappa shape index (κ3) is 3.89. The number of imide groups is 1. The van der Waals surface area contributed by atoms with Crippen LogP contribution in [0.25, 0.3) is 6.08 Å². The molecule has 0 atom stereocenters. The van der Waals surface area contributed by atoms with Gasteiger partial charge in [-0.3, -0.25) is 19.4 Å². The lowest BCUT2D eigenvalue weighted by Crippen LogP contribution is -2.45. The molecule has 2 aliphatic rings. The largest absolute Gasteiger partial charge is 0.379 e. The van der Waals surface area contributed by atoms with Crippen molar-refractivity contribution in [2.45, 2.75) is 0 Å². The fourth-order valence-corrected chi connectivity index (χ4v) is 3.61. The molecule has 1 aromatic rings. The highest BCUT2D eigenvalue weighted by molar-refractivity contribution is 8.18. The van der Waals surface area contributed by atoms with E-state index in [-0.39, 0.29) is 11.1 Å². The number of ether oxygens (including phenoxy) is 1. The summed E-state index contributed by atoms with van der Waals surface area (Å²) in [6, 6.07) is 5.02. The molecule has 0 aliphatic carbocycles. The number of hydrogen-bond acceptors (Lipinski definition) is 5. The first-order valence-electron chi connectivity index (χ1n) is 7.05. The lowest BCUT2D eigenvalue weighted by Gasteiger charge is -2.29. The summed E-state index contributed by atoms with van der Waals surface area (Å²) in [7, 11) is 0. The Bertz CT molecular complexity index is 675. The van der Waals surface area contributed by atoms with E-state index < -0.39 is 0 Å². The third-order valence-electron chi connectivity index (χ3n) is 3.57. The predicted molar refractivity (Wildman–Crippen MR) is 91.5 cm³/mol. The van der Waals surface area contributed by atoms with Gasteiger partial charge in [0.05, 0.1) is 24.8 Å². The van der Waals surface area contributed by atoms with Crippen molar-refractivity contribution in [2.24, 2.45) is 0 Å². The average Bonchev–Trinajstić information content (AvgIpc) is 2.79. The molecule has 0 aromatic heterocycles. The van der Waals surface area contributed by atoms with Gasteiger partial charge in [-0.1, -0.05) is 29.3 Å². The summed E-state index contributed by atoms with van der Waals surface area (Å²) >= 11 is 12.9. The van der Waals surface area contributed by atoms with Crippen LogP contribution in [0.5, 0.6) is 0 Å². The van der Waals surface area contributed by atoms with Gasteiger partial charge in [-0.05, 0) is 35.5 Å². The normalized spacial score (nSPS) is 21.5. The van der Waals surface area contributed by atoms with Crippen LogP contribution in [0.3, 0.4) is 0 Å². The molecule has 122 valence electrons.